The zero-order valence-corrected chi connectivity index (χ0v) is 13.0. The maximum atomic E-state index is 11.5. The van der Waals surface area contributed by atoms with Gasteiger partial charge in [-0.15, -0.1) is 0 Å². The molecule has 1 N–H and O–H groups in total. The molecule has 108 valence electrons. The van der Waals surface area contributed by atoms with Crippen LogP contribution in [-0.2, 0) is 10.0 Å². The predicted octanol–water partition coefficient (Wildman–Crippen LogP) is 1.55. The molecule has 4 nitrogen and oxygen atoms in total. The summed E-state index contributed by atoms with van der Waals surface area (Å²) >= 11 is 1.77. The third-order valence-electron chi connectivity index (χ3n) is 3.21. The smallest absolute Gasteiger partial charge is 0.211 e. The van der Waals surface area contributed by atoms with Crippen molar-refractivity contribution in [2.75, 3.05) is 30.9 Å². The number of thioether (sulfide) groups is 1. The molecule has 6 heteroatoms. The van der Waals surface area contributed by atoms with Crippen LogP contribution in [0.15, 0.2) is 0 Å². The van der Waals surface area contributed by atoms with Crippen LogP contribution in [0.25, 0.3) is 0 Å². The van der Waals surface area contributed by atoms with Crippen molar-refractivity contribution in [3.05, 3.63) is 0 Å². The molecule has 2 atom stereocenters. The summed E-state index contributed by atoms with van der Waals surface area (Å²) < 4.78 is 24.5. The summed E-state index contributed by atoms with van der Waals surface area (Å²) in [6, 6.07) is 0. The molecule has 0 bridgehead atoms. The maximum Gasteiger partial charge on any atom is 0.211 e. The van der Waals surface area contributed by atoms with E-state index in [1.54, 1.807) is 16.1 Å². The quantitative estimate of drug-likeness (QED) is 0.724. The summed E-state index contributed by atoms with van der Waals surface area (Å²) in [4.78, 5) is 0. The first kappa shape index (κ1) is 16.3. The number of hydrogen-bond acceptors (Lipinski definition) is 4. The SMILES string of the molecule is CCCSCC(O)CC1CCCN(S(C)(=O)=O)C1. The predicted molar refractivity (Wildman–Crippen MR) is 77.4 cm³/mol. The molecular weight excluding hydrogens is 270 g/mol. The molecule has 0 aromatic rings. The maximum absolute atomic E-state index is 11.5. The van der Waals surface area contributed by atoms with E-state index in [4.69, 9.17) is 0 Å². The number of aliphatic hydroxyl groups excluding tert-OH is 1. The Labute approximate surface area is 115 Å². The van der Waals surface area contributed by atoms with Gasteiger partial charge in [-0.3, -0.25) is 0 Å². The highest BCUT2D eigenvalue weighted by Crippen LogP contribution is 2.23. The Hall–Kier alpha value is 0.220. The van der Waals surface area contributed by atoms with E-state index >= 15 is 0 Å². The lowest BCUT2D eigenvalue weighted by atomic mass is 9.94. The Morgan fingerprint density at radius 1 is 1.50 bits per heavy atom. The van der Waals surface area contributed by atoms with Crippen LogP contribution in [0.3, 0.4) is 0 Å². The van der Waals surface area contributed by atoms with Gasteiger partial charge in [0.1, 0.15) is 0 Å². The minimum absolute atomic E-state index is 0.300. The van der Waals surface area contributed by atoms with Gasteiger partial charge in [0.2, 0.25) is 10.0 Å². The highest BCUT2D eigenvalue weighted by molar-refractivity contribution is 7.99. The molecule has 0 radical (unpaired) electrons. The molecule has 0 amide bonds. The molecule has 1 saturated heterocycles. The second-order valence-electron chi connectivity index (χ2n) is 5.09. The van der Waals surface area contributed by atoms with E-state index in [0.717, 1.165) is 37.2 Å². The largest absolute Gasteiger partial charge is 0.392 e. The van der Waals surface area contributed by atoms with Gasteiger partial charge in [0.15, 0.2) is 0 Å². The number of nitrogens with zero attached hydrogens (tertiary/aromatic N) is 1. The Balaban J connectivity index is 2.33. The Morgan fingerprint density at radius 2 is 2.22 bits per heavy atom. The van der Waals surface area contributed by atoms with Gasteiger partial charge in [0.25, 0.3) is 0 Å². The van der Waals surface area contributed by atoms with Crippen LogP contribution in [-0.4, -0.2) is 54.8 Å². The summed E-state index contributed by atoms with van der Waals surface area (Å²) in [5, 5.41) is 9.93. The summed E-state index contributed by atoms with van der Waals surface area (Å²) in [6.45, 7) is 3.34. The minimum Gasteiger partial charge on any atom is -0.392 e. The molecule has 2 unspecified atom stereocenters. The Bertz CT molecular complexity index is 332. The van der Waals surface area contributed by atoms with E-state index < -0.39 is 10.0 Å². The number of aliphatic hydroxyl groups is 1. The lowest BCUT2D eigenvalue weighted by molar-refractivity contribution is 0.140. The fourth-order valence-corrected chi connectivity index (χ4v) is 4.14. The van der Waals surface area contributed by atoms with Gasteiger partial charge in [-0.25, -0.2) is 12.7 Å². The van der Waals surface area contributed by atoms with E-state index in [1.165, 1.54) is 6.26 Å². The lowest BCUT2D eigenvalue weighted by Gasteiger charge is -2.31. The van der Waals surface area contributed by atoms with Gasteiger partial charge in [0.05, 0.1) is 12.4 Å². The zero-order chi connectivity index (χ0) is 13.6. The van der Waals surface area contributed by atoms with Crippen molar-refractivity contribution < 1.29 is 13.5 Å². The summed E-state index contributed by atoms with van der Waals surface area (Å²) in [6.07, 6.45) is 4.76. The molecule has 1 heterocycles. The second kappa shape index (κ2) is 7.72. The zero-order valence-electron chi connectivity index (χ0n) is 11.3. The molecule has 18 heavy (non-hydrogen) atoms. The van der Waals surface area contributed by atoms with Gasteiger partial charge < -0.3 is 5.11 Å². The molecule has 0 saturated carbocycles. The van der Waals surface area contributed by atoms with Crippen LogP contribution in [0.4, 0.5) is 0 Å². The Kier molecular flexibility index (Phi) is 6.98. The number of piperidine rings is 1. The van der Waals surface area contributed by atoms with E-state index in [0.29, 0.717) is 19.0 Å². The average molecular weight is 295 g/mol. The van der Waals surface area contributed by atoms with Crippen molar-refractivity contribution in [3.63, 3.8) is 0 Å². The standard InChI is InChI=1S/C12H25NO3S2/c1-3-7-17-10-12(14)8-11-5-4-6-13(9-11)18(2,15)16/h11-12,14H,3-10H2,1-2H3. The van der Waals surface area contributed by atoms with Crippen LogP contribution >= 0.6 is 11.8 Å². The van der Waals surface area contributed by atoms with E-state index in [-0.39, 0.29) is 6.10 Å². The van der Waals surface area contributed by atoms with Crippen LogP contribution in [0.5, 0.6) is 0 Å². The van der Waals surface area contributed by atoms with Crippen LogP contribution in [0, 0.1) is 5.92 Å². The number of hydrogen-bond donors (Lipinski definition) is 1. The van der Waals surface area contributed by atoms with Crippen LogP contribution in [0.2, 0.25) is 0 Å². The lowest BCUT2D eigenvalue weighted by Crippen LogP contribution is -2.40. The Morgan fingerprint density at radius 3 is 2.83 bits per heavy atom. The summed E-state index contributed by atoms with van der Waals surface area (Å²) in [5.74, 6) is 2.16. The van der Waals surface area contributed by atoms with Gasteiger partial charge in [0, 0.05) is 18.8 Å². The van der Waals surface area contributed by atoms with E-state index in [2.05, 4.69) is 6.92 Å². The topological polar surface area (TPSA) is 57.6 Å². The molecule has 0 spiro atoms. The van der Waals surface area contributed by atoms with Crippen LogP contribution in [0.1, 0.15) is 32.6 Å². The first-order chi connectivity index (χ1) is 8.43. The number of sulfonamides is 1. The van der Waals surface area contributed by atoms with Gasteiger partial charge >= 0.3 is 0 Å². The number of rotatable bonds is 7. The van der Waals surface area contributed by atoms with Gasteiger partial charge in [-0.05, 0) is 37.4 Å². The first-order valence-corrected chi connectivity index (χ1v) is 9.64. The molecule has 1 rings (SSSR count). The van der Waals surface area contributed by atoms with E-state index in [1.807, 2.05) is 0 Å². The molecule has 0 aromatic heterocycles. The van der Waals surface area contributed by atoms with Crippen molar-refractivity contribution in [1.82, 2.24) is 4.31 Å². The molecular formula is C12H25NO3S2. The average Bonchev–Trinajstić information content (AvgIpc) is 2.28. The third-order valence-corrected chi connectivity index (χ3v) is 5.80. The van der Waals surface area contributed by atoms with E-state index in [9.17, 15) is 13.5 Å². The molecule has 1 aliphatic heterocycles. The molecule has 1 aliphatic rings. The monoisotopic (exact) mass is 295 g/mol. The van der Waals surface area contributed by atoms with Crippen molar-refractivity contribution in [1.29, 1.82) is 0 Å². The summed E-state index contributed by atoms with van der Waals surface area (Å²) in [5.41, 5.74) is 0. The fraction of sp³-hybridized carbons (Fsp3) is 1.00. The van der Waals surface area contributed by atoms with Gasteiger partial charge in [-0.1, -0.05) is 6.92 Å². The van der Waals surface area contributed by atoms with Crippen molar-refractivity contribution in [3.8, 4) is 0 Å². The minimum atomic E-state index is -3.07. The van der Waals surface area contributed by atoms with Crippen LogP contribution < -0.4 is 0 Å². The molecule has 1 fully saturated rings. The fourth-order valence-electron chi connectivity index (χ4n) is 2.34. The molecule has 0 aliphatic carbocycles. The summed E-state index contributed by atoms with van der Waals surface area (Å²) in [7, 11) is -3.07. The first-order valence-electron chi connectivity index (χ1n) is 6.64. The third kappa shape index (κ3) is 5.91. The highest BCUT2D eigenvalue weighted by atomic mass is 32.2. The molecule has 0 aromatic carbocycles. The highest BCUT2D eigenvalue weighted by Gasteiger charge is 2.27. The van der Waals surface area contributed by atoms with Crippen molar-refractivity contribution in [2.45, 2.75) is 38.7 Å². The second-order valence-corrected chi connectivity index (χ2v) is 8.23. The van der Waals surface area contributed by atoms with Crippen molar-refractivity contribution >= 4 is 21.8 Å². The normalized spacial score (nSPS) is 24.1. The van der Waals surface area contributed by atoms with Gasteiger partial charge in [-0.2, -0.15) is 11.8 Å². The van der Waals surface area contributed by atoms with Crippen molar-refractivity contribution in [2.24, 2.45) is 5.92 Å².